The van der Waals surface area contributed by atoms with Crippen LogP contribution < -0.4 is 25.8 Å². The fraction of sp³-hybridized carbons (Fsp3) is 0.357. The second-order valence-corrected chi connectivity index (χ2v) is 15.7. The minimum Gasteiger partial charge on any atom is -0.371 e. The van der Waals surface area contributed by atoms with Gasteiger partial charge in [0.05, 0.1) is 16.5 Å². The summed E-state index contributed by atoms with van der Waals surface area (Å²) in [6.07, 6.45) is 2.05. The van der Waals surface area contributed by atoms with Crippen LogP contribution in [0.2, 0.25) is 0 Å². The highest BCUT2D eigenvalue weighted by Gasteiger charge is 2.45. The summed E-state index contributed by atoms with van der Waals surface area (Å²) in [5, 5.41) is 14.6. The van der Waals surface area contributed by atoms with E-state index in [1.54, 1.807) is 16.8 Å². The summed E-state index contributed by atoms with van der Waals surface area (Å²) >= 11 is 0. The Morgan fingerprint density at radius 1 is 0.860 bits per heavy atom. The number of carbonyl (C=O) groups excluding carboxylic acids is 4. The quantitative estimate of drug-likeness (QED) is 0.180. The number of aryl methyl sites for hydroxylation is 3. The van der Waals surface area contributed by atoms with Gasteiger partial charge >= 0.3 is 0 Å². The molecule has 15 heteroatoms. The van der Waals surface area contributed by atoms with Crippen LogP contribution in [-0.2, 0) is 16.6 Å². The highest BCUT2D eigenvalue weighted by atomic mass is 16.2. The molecule has 0 saturated carbocycles. The predicted octanol–water partition coefficient (Wildman–Crippen LogP) is 4.52. The number of aromatic nitrogens is 4. The molecule has 0 radical (unpaired) electrons. The van der Waals surface area contributed by atoms with E-state index in [1.807, 2.05) is 25.4 Å². The van der Waals surface area contributed by atoms with Gasteiger partial charge in [0.2, 0.25) is 17.8 Å². The molecule has 0 spiro atoms. The van der Waals surface area contributed by atoms with Crippen molar-refractivity contribution in [3.8, 4) is 0 Å². The Labute approximate surface area is 330 Å². The molecule has 4 aliphatic heterocycles. The molecular formula is C42H45N11O4. The van der Waals surface area contributed by atoms with E-state index >= 15 is 0 Å². The van der Waals surface area contributed by atoms with Gasteiger partial charge in [-0.05, 0) is 80.8 Å². The third kappa shape index (κ3) is 6.71. The Bertz CT molecular complexity index is 2420. The molecule has 0 bridgehead atoms. The fourth-order valence-electron chi connectivity index (χ4n) is 8.69. The van der Waals surface area contributed by atoms with Crippen molar-refractivity contribution in [3.05, 3.63) is 89.1 Å². The van der Waals surface area contributed by atoms with E-state index in [0.29, 0.717) is 29.0 Å². The molecule has 6 heterocycles. The molecule has 0 aliphatic carbocycles. The molecule has 2 atom stereocenters. The van der Waals surface area contributed by atoms with Crippen LogP contribution in [0.4, 0.5) is 34.5 Å². The number of hydrogen-bond acceptors (Lipinski definition) is 12. The summed E-state index contributed by atoms with van der Waals surface area (Å²) < 4.78 is 1.77. The Morgan fingerprint density at radius 3 is 2.33 bits per heavy atom. The number of fused-ring (bicyclic) bond motifs is 2. The van der Waals surface area contributed by atoms with E-state index in [4.69, 9.17) is 10.1 Å². The number of piperidine rings is 1. The van der Waals surface area contributed by atoms with Crippen LogP contribution in [-0.4, -0.2) is 105 Å². The third-order valence-corrected chi connectivity index (χ3v) is 11.7. The lowest BCUT2D eigenvalue weighted by Crippen LogP contribution is -2.57. The first-order valence-corrected chi connectivity index (χ1v) is 19.5. The summed E-state index contributed by atoms with van der Waals surface area (Å²) in [5.41, 5.74) is 7.66. The van der Waals surface area contributed by atoms with E-state index in [2.05, 4.69) is 92.8 Å². The van der Waals surface area contributed by atoms with Crippen molar-refractivity contribution in [1.29, 1.82) is 0 Å². The zero-order valence-electron chi connectivity index (χ0n) is 32.5. The highest BCUT2D eigenvalue weighted by Crippen LogP contribution is 2.34. The first-order chi connectivity index (χ1) is 27.5. The first kappa shape index (κ1) is 36.3. The lowest BCUT2D eigenvalue weighted by molar-refractivity contribution is -0.136. The highest BCUT2D eigenvalue weighted by molar-refractivity contribution is 6.23. The maximum absolute atomic E-state index is 13.3. The number of nitrogens with one attached hydrogen (secondary N) is 3. The molecule has 9 rings (SSSR count). The number of rotatable bonds is 9. The Hall–Kier alpha value is -6.35. The van der Waals surface area contributed by atoms with Crippen molar-refractivity contribution in [1.82, 2.24) is 34.9 Å². The Kier molecular flexibility index (Phi) is 9.11. The number of anilines is 6. The van der Waals surface area contributed by atoms with Crippen molar-refractivity contribution in [2.45, 2.75) is 45.7 Å². The van der Waals surface area contributed by atoms with E-state index < -0.39 is 23.8 Å². The maximum atomic E-state index is 13.3. The third-order valence-electron chi connectivity index (χ3n) is 11.7. The zero-order chi connectivity index (χ0) is 39.5. The Balaban J connectivity index is 0.769. The number of benzene rings is 3. The minimum atomic E-state index is -0.965. The van der Waals surface area contributed by atoms with Gasteiger partial charge in [-0.2, -0.15) is 10.1 Å². The van der Waals surface area contributed by atoms with Gasteiger partial charge in [0.1, 0.15) is 6.04 Å². The van der Waals surface area contributed by atoms with Crippen LogP contribution in [0, 0.1) is 19.8 Å². The molecular weight excluding hydrogens is 723 g/mol. The molecule has 4 aliphatic rings. The molecule has 3 saturated heterocycles. The van der Waals surface area contributed by atoms with E-state index in [9.17, 15) is 19.2 Å². The van der Waals surface area contributed by atoms with Gasteiger partial charge in [-0.25, -0.2) is 9.67 Å². The van der Waals surface area contributed by atoms with E-state index in [1.165, 1.54) is 5.69 Å². The lowest BCUT2D eigenvalue weighted by Gasteiger charge is -2.46. The number of imide groups is 2. The van der Waals surface area contributed by atoms with Crippen LogP contribution in [0.15, 0.2) is 66.9 Å². The van der Waals surface area contributed by atoms with Gasteiger partial charge in [0.15, 0.2) is 11.5 Å². The molecule has 3 fully saturated rings. The molecule has 57 heavy (non-hydrogen) atoms. The summed E-state index contributed by atoms with van der Waals surface area (Å²) in [5.74, 6) is -0.228. The van der Waals surface area contributed by atoms with Gasteiger partial charge in [0, 0.05) is 93.6 Å². The molecule has 3 N–H and O–H groups in total. The van der Waals surface area contributed by atoms with Crippen molar-refractivity contribution in [3.63, 3.8) is 0 Å². The first-order valence-electron chi connectivity index (χ1n) is 19.5. The number of nitrogens with zero attached hydrogens (tertiary/aromatic N) is 8. The van der Waals surface area contributed by atoms with Gasteiger partial charge in [-0.1, -0.05) is 18.2 Å². The molecule has 2 aromatic heterocycles. The van der Waals surface area contributed by atoms with Crippen LogP contribution in [0.25, 0.3) is 11.0 Å². The molecule has 2 unspecified atom stereocenters. The van der Waals surface area contributed by atoms with E-state index in [-0.39, 0.29) is 18.7 Å². The summed E-state index contributed by atoms with van der Waals surface area (Å²) in [6.45, 7) is 12.0. The monoisotopic (exact) mass is 767 g/mol. The van der Waals surface area contributed by atoms with Gasteiger partial charge in [-0.15, -0.1) is 0 Å². The minimum absolute atomic E-state index is 0.0978. The maximum Gasteiger partial charge on any atom is 0.262 e. The van der Waals surface area contributed by atoms with E-state index in [0.717, 1.165) is 89.2 Å². The summed E-state index contributed by atoms with van der Waals surface area (Å²) in [6, 6.07) is 19.3. The number of piperazine rings is 1. The van der Waals surface area contributed by atoms with Gasteiger partial charge in [-0.3, -0.25) is 34.3 Å². The van der Waals surface area contributed by atoms with Crippen LogP contribution >= 0.6 is 0 Å². The van der Waals surface area contributed by atoms with Gasteiger partial charge < -0.3 is 20.4 Å². The summed E-state index contributed by atoms with van der Waals surface area (Å²) in [4.78, 5) is 68.1. The molecule has 4 amide bonds. The SMILES string of the molecule is Cc1cccc(C)c1Nc1nn(C)c2nc(Nc3ccc(N4CCN(CC5CN(c6ccc7c(c6)C(=O)N(C6CCC(=O)NC6=O)C7=O)C5)CC4C)cc3)ncc12. The topological polar surface area (TPSA) is 161 Å². The second-order valence-electron chi connectivity index (χ2n) is 15.7. The van der Waals surface area contributed by atoms with Gasteiger partial charge in [0.25, 0.3) is 11.8 Å². The van der Waals surface area contributed by atoms with Crippen LogP contribution in [0.1, 0.15) is 51.6 Å². The predicted molar refractivity (Wildman–Crippen MR) is 217 cm³/mol. The Morgan fingerprint density at radius 2 is 1.60 bits per heavy atom. The van der Waals surface area contributed by atoms with Crippen molar-refractivity contribution in [2.24, 2.45) is 13.0 Å². The van der Waals surface area contributed by atoms with Crippen molar-refractivity contribution >= 4 is 69.2 Å². The second kappa shape index (κ2) is 14.3. The van der Waals surface area contributed by atoms with Crippen LogP contribution in [0.3, 0.4) is 0 Å². The largest absolute Gasteiger partial charge is 0.371 e. The standard InChI is InChI=1S/C42H45N11O4/c1-24-6-5-7-25(2)36(24)46-37-33-19-43-42(47-38(33)49(4)48-37)44-28-8-10-29(11-9-28)52-17-16-50(20-26(52)3)21-27-22-51(23-27)30-12-13-31-32(18-30)41(57)53(40(31)56)34-14-15-35(54)45-39(34)55/h5-13,18-19,26-27,34H,14-17,20-23H2,1-4H3,(H,46,48)(H,43,44,47)(H,45,54,55). The molecule has 5 aromatic rings. The molecule has 3 aromatic carbocycles. The van der Waals surface area contributed by atoms with Crippen molar-refractivity contribution < 1.29 is 19.2 Å². The number of amides is 4. The molecule has 15 nitrogen and oxygen atoms in total. The summed E-state index contributed by atoms with van der Waals surface area (Å²) in [7, 11) is 1.89. The normalized spacial score (nSPS) is 20.2. The van der Waals surface area contributed by atoms with Crippen molar-refractivity contribution in [2.75, 3.05) is 59.7 Å². The molecule has 292 valence electrons. The number of para-hydroxylation sites is 1. The zero-order valence-corrected chi connectivity index (χ0v) is 32.5. The fourth-order valence-corrected chi connectivity index (χ4v) is 8.69. The smallest absolute Gasteiger partial charge is 0.262 e. The number of carbonyl (C=O) groups is 4. The average molecular weight is 768 g/mol. The number of hydrogen-bond donors (Lipinski definition) is 3. The lowest BCUT2D eigenvalue weighted by atomic mass is 9.96. The van der Waals surface area contributed by atoms with Crippen LogP contribution in [0.5, 0.6) is 0 Å². The average Bonchev–Trinajstić information content (AvgIpc) is 3.62.